The van der Waals surface area contributed by atoms with Crippen LogP contribution in [0.15, 0.2) is 12.1 Å². The zero-order valence-corrected chi connectivity index (χ0v) is 9.80. The molecule has 1 atom stereocenters. The number of aromatic carboxylic acids is 1. The van der Waals surface area contributed by atoms with E-state index in [1.165, 1.54) is 17.0 Å². The molecule has 1 fully saturated rings. The quantitative estimate of drug-likeness (QED) is 0.764. The highest BCUT2D eigenvalue weighted by molar-refractivity contribution is 7.80. The van der Waals surface area contributed by atoms with Crippen molar-refractivity contribution in [2.24, 2.45) is 5.92 Å². The van der Waals surface area contributed by atoms with Crippen molar-refractivity contribution in [3.63, 3.8) is 0 Å². The Morgan fingerprint density at radius 2 is 2.29 bits per heavy atom. The van der Waals surface area contributed by atoms with E-state index in [1.54, 1.807) is 0 Å². The fourth-order valence-corrected chi connectivity index (χ4v) is 1.95. The van der Waals surface area contributed by atoms with E-state index >= 15 is 0 Å². The average Bonchev–Trinajstić information content (AvgIpc) is 2.71. The van der Waals surface area contributed by atoms with Crippen molar-refractivity contribution in [2.45, 2.75) is 6.42 Å². The topological polar surface area (TPSA) is 83.4 Å². The van der Waals surface area contributed by atoms with Crippen LogP contribution in [0.1, 0.15) is 16.9 Å². The van der Waals surface area contributed by atoms with Gasteiger partial charge in [0.2, 0.25) is 5.91 Å². The number of anilines is 1. The maximum Gasteiger partial charge on any atom is 0.356 e. The Kier molecular flexibility index (Phi) is 3.28. The number of aromatic nitrogens is 2. The lowest BCUT2D eigenvalue weighted by atomic mass is 10.1. The molecule has 1 N–H and O–H groups in total. The van der Waals surface area contributed by atoms with E-state index in [2.05, 4.69) is 22.8 Å². The largest absolute Gasteiger partial charge is 0.476 e. The Labute approximate surface area is 103 Å². The van der Waals surface area contributed by atoms with Gasteiger partial charge in [0.15, 0.2) is 11.5 Å². The first-order chi connectivity index (χ1) is 8.11. The molecule has 1 unspecified atom stereocenters. The lowest BCUT2D eigenvalue weighted by molar-refractivity contribution is -0.117. The number of hydrogen-bond acceptors (Lipinski definition) is 5. The lowest BCUT2D eigenvalue weighted by Crippen LogP contribution is -2.26. The van der Waals surface area contributed by atoms with Gasteiger partial charge in [0.25, 0.3) is 0 Å². The SMILES string of the molecule is O=C(O)c1ccc(N2CC(CS)CC2=O)nn1. The number of hydrogen-bond donors (Lipinski definition) is 2. The second-order valence-corrected chi connectivity index (χ2v) is 4.20. The molecular weight excluding hydrogens is 242 g/mol. The molecule has 1 aromatic rings. The molecule has 1 amide bonds. The predicted octanol–water partition coefficient (Wildman–Crippen LogP) is 0.458. The molecule has 0 aromatic carbocycles. The maximum absolute atomic E-state index is 11.7. The van der Waals surface area contributed by atoms with Gasteiger partial charge >= 0.3 is 5.97 Å². The zero-order valence-electron chi connectivity index (χ0n) is 8.91. The van der Waals surface area contributed by atoms with Gasteiger partial charge in [0.05, 0.1) is 0 Å². The van der Waals surface area contributed by atoms with Crippen LogP contribution in [-0.4, -0.2) is 39.5 Å². The Morgan fingerprint density at radius 3 is 2.76 bits per heavy atom. The van der Waals surface area contributed by atoms with Crippen LogP contribution in [0.2, 0.25) is 0 Å². The monoisotopic (exact) mass is 253 g/mol. The van der Waals surface area contributed by atoms with E-state index in [1.807, 2.05) is 0 Å². The highest BCUT2D eigenvalue weighted by Gasteiger charge is 2.30. The van der Waals surface area contributed by atoms with E-state index in [-0.39, 0.29) is 17.5 Å². The molecule has 0 bridgehead atoms. The molecule has 2 rings (SSSR count). The van der Waals surface area contributed by atoms with E-state index in [0.717, 1.165) is 0 Å². The Bertz CT molecular complexity index is 449. The summed E-state index contributed by atoms with van der Waals surface area (Å²) in [5.74, 6) is 0.0885. The van der Waals surface area contributed by atoms with Crippen molar-refractivity contribution < 1.29 is 14.7 Å². The van der Waals surface area contributed by atoms with Gasteiger partial charge in [0.1, 0.15) is 0 Å². The minimum atomic E-state index is -1.13. The number of thiol groups is 1. The van der Waals surface area contributed by atoms with Gasteiger partial charge in [-0.05, 0) is 23.8 Å². The van der Waals surface area contributed by atoms with Gasteiger partial charge in [-0.25, -0.2) is 4.79 Å². The third-order valence-electron chi connectivity index (χ3n) is 2.61. The molecule has 1 aliphatic heterocycles. The second kappa shape index (κ2) is 4.70. The second-order valence-electron chi connectivity index (χ2n) is 3.84. The van der Waals surface area contributed by atoms with Gasteiger partial charge in [0, 0.05) is 13.0 Å². The summed E-state index contributed by atoms with van der Waals surface area (Å²) < 4.78 is 0. The van der Waals surface area contributed by atoms with Crippen LogP contribution in [0.5, 0.6) is 0 Å². The molecular formula is C10H11N3O3S. The molecule has 1 saturated heterocycles. The number of carbonyl (C=O) groups excluding carboxylic acids is 1. The summed E-state index contributed by atoms with van der Waals surface area (Å²) in [6, 6.07) is 2.83. The van der Waals surface area contributed by atoms with Gasteiger partial charge < -0.3 is 5.11 Å². The van der Waals surface area contributed by atoms with Crippen LogP contribution < -0.4 is 4.90 Å². The number of carboxylic acids is 1. The summed E-state index contributed by atoms with van der Waals surface area (Å²) >= 11 is 4.16. The third kappa shape index (κ3) is 2.38. The molecule has 1 aromatic heterocycles. The maximum atomic E-state index is 11.7. The van der Waals surface area contributed by atoms with Gasteiger partial charge in [-0.3, -0.25) is 9.69 Å². The Hall–Kier alpha value is -1.63. The van der Waals surface area contributed by atoms with Gasteiger partial charge in [-0.15, -0.1) is 10.2 Å². The summed E-state index contributed by atoms with van der Waals surface area (Å²) in [6.45, 7) is 0.559. The lowest BCUT2D eigenvalue weighted by Gasteiger charge is -2.14. The summed E-state index contributed by atoms with van der Waals surface area (Å²) in [6.07, 6.45) is 0.450. The molecule has 90 valence electrons. The molecule has 1 aliphatic rings. The van der Waals surface area contributed by atoms with Gasteiger partial charge in [-0.1, -0.05) is 0 Å². The van der Waals surface area contributed by atoms with Crippen LogP contribution in [0.4, 0.5) is 5.82 Å². The van der Waals surface area contributed by atoms with Gasteiger partial charge in [-0.2, -0.15) is 12.6 Å². The number of amides is 1. The normalized spacial score (nSPS) is 19.7. The minimum Gasteiger partial charge on any atom is -0.476 e. The molecule has 2 heterocycles. The molecule has 7 heteroatoms. The van der Waals surface area contributed by atoms with E-state index < -0.39 is 5.97 Å². The Morgan fingerprint density at radius 1 is 1.53 bits per heavy atom. The van der Waals surface area contributed by atoms with Crippen LogP contribution in [0, 0.1) is 5.92 Å². The van der Waals surface area contributed by atoms with E-state index in [0.29, 0.717) is 24.5 Å². The van der Waals surface area contributed by atoms with Crippen molar-refractivity contribution in [1.82, 2.24) is 10.2 Å². The molecule has 17 heavy (non-hydrogen) atoms. The molecule has 0 saturated carbocycles. The van der Waals surface area contributed by atoms with Crippen molar-refractivity contribution in [3.05, 3.63) is 17.8 Å². The summed E-state index contributed by atoms with van der Waals surface area (Å²) in [7, 11) is 0. The number of rotatable bonds is 3. The predicted molar refractivity (Wildman–Crippen MR) is 63.3 cm³/mol. The fourth-order valence-electron chi connectivity index (χ4n) is 1.71. The molecule has 0 aliphatic carbocycles. The molecule has 6 nitrogen and oxygen atoms in total. The van der Waals surface area contributed by atoms with Crippen LogP contribution in [-0.2, 0) is 4.79 Å². The van der Waals surface area contributed by atoms with Crippen molar-refractivity contribution in [3.8, 4) is 0 Å². The van der Waals surface area contributed by atoms with Crippen LogP contribution >= 0.6 is 12.6 Å². The van der Waals surface area contributed by atoms with Crippen LogP contribution in [0.3, 0.4) is 0 Å². The average molecular weight is 253 g/mol. The summed E-state index contributed by atoms with van der Waals surface area (Å²) in [4.78, 5) is 23.8. The van der Waals surface area contributed by atoms with Crippen molar-refractivity contribution in [2.75, 3.05) is 17.2 Å². The Balaban J connectivity index is 2.18. The minimum absolute atomic E-state index is 0.0265. The number of carbonyl (C=O) groups is 2. The highest BCUT2D eigenvalue weighted by Crippen LogP contribution is 2.23. The summed E-state index contributed by atoms with van der Waals surface area (Å²) in [5, 5.41) is 16.0. The first-order valence-electron chi connectivity index (χ1n) is 5.10. The van der Waals surface area contributed by atoms with E-state index in [9.17, 15) is 9.59 Å². The first kappa shape index (κ1) is 11.8. The number of nitrogens with zero attached hydrogens (tertiary/aromatic N) is 3. The van der Waals surface area contributed by atoms with Crippen molar-refractivity contribution >= 4 is 30.3 Å². The van der Waals surface area contributed by atoms with E-state index in [4.69, 9.17) is 5.11 Å². The highest BCUT2D eigenvalue weighted by atomic mass is 32.1. The van der Waals surface area contributed by atoms with Crippen molar-refractivity contribution in [1.29, 1.82) is 0 Å². The smallest absolute Gasteiger partial charge is 0.356 e. The van der Waals surface area contributed by atoms with Crippen LogP contribution in [0.25, 0.3) is 0 Å². The first-order valence-corrected chi connectivity index (χ1v) is 5.73. The molecule has 0 spiro atoms. The molecule has 0 radical (unpaired) electrons. The third-order valence-corrected chi connectivity index (χ3v) is 3.13. The fraction of sp³-hybridized carbons (Fsp3) is 0.400. The zero-order chi connectivity index (χ0) is 12.4. The number of carboxylic acid groups (broad SMARTS) is 1. The summed E-state index contributed by atoms with van der Waals surface area (Å²) in [5.41, 5.74) is -0.133. The standard InChI is InChI=1S/C10H11N3O3S/c14-9-3-6(5-17)4-13(9)8-2-1-7(10(15)16)11-12-8/h1-2,6,17H,3-5H2,(H,15,16).